The van der Waals surface area contributed by atoms with Gasteiger partial charge < -0.3 is 4.90 Å². The standard InChI is InChI=1S/C16H19N3O/c1-3-19(12-14-9-5-4-8-13(14)2)16(20)18-15-10-6-7-11-17-15/h4-11H,3,12H2,1-2H3,(H,17,18,20). The smallest absolute Gasteiger partial charge is 0.320 e. The van der Waals surface area contributed by atoms with Crippen molar-refractivity contribution in [3.05, 3.63) is 59.8 Å². The van der Waals surface area contributed by atoms with Gasteiger partial charge in [-0.2, -0.15) is 0 Å². The molecule has 0 saturated heterocycles. The van der Waals surface area contributed by atoms with Gasteiger partial charge in [0.25, 0.3) is 0 Å². The first-order valence-electron chi connectivity index (χ1n) is 6.72. The van der Waals surface area contributed by atoms with Crippen molar-refractivity contribution in [1.29, 1.82) is 0 Å². The van der Waals surface area contributed by atoms with Crippen LogP contribution in [0.1, 0.15) is 18.1 Å². The molecule has 0 radical (unpaired) electrons. The predicted molar refractivity (Wildman–Crippen MR) is 80.5 cm³/mol. The van der Waals surface area contributed by atoms with Crippen molar-refractivity contribution in [2.45, 2.75) is 20.4 Å². The van der Waals surface area contributed by atoms with Crippen LogP contribution in [-0.2, 0) is 6.54 Å². The average molecular weight is 269 g/mol. The highest BCUT2D eigenvalue weighted by molar-refractivity contribution is 5.88. The number of benzene rings is 1. The maximum atomic E-state index is 12.2. The molecule has 0 atom stereocenters. The lowest BCUT2D eigenvalue weighted by Crippen LogP contribution is -2.34. The second kappa shape index (κ2) is 6.70. The van der Waals surface area contributed by atoms with E-state index in [-0.39, 0.29) is 6.03 Å². The lowest BCUT2D eigenvalue weighted by atomic mass is 10.1. The molecule has 4 nitrogen and oxygen atoms in total. The molecular formula is C16H19N3O. The molecule has 1 N–H and O–H groups in total. The number of carbonyl (C=O) groups excluding carboxylic acids is 1. The fourth-order valence-electron chi connectivity index (χ4n) is 1.95. The summed E-state index contributed by atoms with van der Waals surface area (Å²) >= 11 is 0. The topological polar surface area (TPSA) is 45.2 Å². The minimum absolute atomic E-state index is 0.130. The SMILES string of the molecule is CCN(Cc1ccccc1C)C(=O)Nc1ccccn1. The van der Waals surface area contributed by atoms with Crippen LogP contribution in [0.5, 0.6) is 0 Å². The molecule has 0 aliphatic rings. The van der Waals surface area contributed by atoms with Gasteiger partial charge in [0.05, 0.1) is 0 Å². The number of nitrogens with zero attached hydrogens (tertiary/aromatic N) is 2. The second-order valence-electron chi connectivity index (χ2n) is 4.59. The number of rotatable bonds is 4. The van der Waals surface area contributed by atoms with E-state index in [1.165, 1.54) is 5.56 Å². The molecule has 0 aliphatic carbocycles. The first-order valence-corrected chi connectivity index (χ1v) is 6.72. The van der Waals surface area contributed by atoms with Crippen LogP contribution in [0.25, 0.3) is 0 Å². The molecule has 0 saturated carbocycles. The Morgan fingerprint density at radius 2 is 1.95 bits per heavy atom. The monoisotopic (exact) mass is 269 g/mol. The molecule has 0 bridgehead atoms. The number of nitrogens with one attached hydrogen (secondary N) is 1. The summed E-state index contributed by atoms with van der Waals surface area (Å²) in [6.07, 6.45) is 1.66. The Balaban J connectivity index is 2.05. The second-order valence-corrected chi connectivity index (χ2v) is 4.59. The van der Waals surface area contributed by atoms with Crippen LogP contribution in [0, 0.1) is 6.92 Å². The average Bonchev–Trinajstić information content (AvgIpc) is 2.47. The van der Waals surface area contributed by atoms with Crippen LogP contribution < -0.4 is 5.32 Å². The molecule has 0 spiro atoms. The van der Waals surface area contributed by atoms with Crippen molar-refractivity contribution in [2.75, 3.05) is 11.9 Å². The van der Waals surface area contributed by atoms with E-state index in [0.29, 0.717) is 18.9 Å². The van der Waals surface area contributed by atoms with E-state index < -0.39 is 0 Å². The summed E-state index contributed by atoms with van der Waals surface area (Å²) in [5.74, 6) is 0.570. The van der Waals surface area contributed by atoms with Crippen molar-refractivity contribution in [3.63, 3.8) is 0 Å². The number of aryl methyl sites for hydroxylation is 1. The Kier molecular flexibility index (Phi) is 4.71. The van der Waals surface area contributed by atoms with Gasteiger partial charge in [0, 0.05) is 19.3 Å². The lowest BCUT2D eigenvalue weighted by molar-refractivity contribution is 0.212. The van der Waals surface area contributed by atoms with Gasteiger partial charge in [-0.25, -0.2) is 9.78 Å². The molecule has 1 aromatic heterocycles. The number of carbonyl (C=O) groups is 1. The highest BCUT2D eigenvalue weighted by atomic mass is 16.2. The number of hydrogen-bond donors (Lipinski definition) is 1. The number of anilines is 1. The van der Waals surface area contributed by atoms with Gasteiger partial charge in [-0.15, -0.1) is 0 Å². The molecule has 0 fully saturated rings. The zero-order valence-corrected chi connectivity index (χ0v) is 11.8. The van der Waals surface area contributed by atoms with Crippen LogP contribution in [0.2, 0.25) is 0 Å². The van der Waals surface area contributed by atoms with Gasteiger partial charge in [-0.3, -0.25) is 5.32 Å². The molecule has 20 heavy (non-hydrogen) atoms. The van der Waals surface area contributed by atoms with Crippen molar-refractivity contribution >= 4 is 11.8 Å². The van der Waals surface area contributed by atoms with Gasteiger partial charge in [0.1, 0.15) is 5.82 Å². The van der Waals surface area contributed by atoms with Gasteiger partial charge in [0.2, 0.25) is 0 Å². The van der Waals surface area contributed by atoms with E-state index in [2.05, 4.69) is 23.3 Å². The Morgan fingerprint density at radius 1 is 1.20 bits per heavy atom. The summed E-state index contributed by atoms with van der Waals surface area (Å²) in [6.45, 7) is 5.27. The molecule has 2 aromatic rings. The van der Waals surface area contributed by atoms with E-state index in [1.807, 2.05) is 37.3 Å². The largest absolute Gasteiger partial charge is 0.323 e. The Bertz CT molecular complexity index is 569. The van der Waals surface area contributed by atoms with Gasteiger partial charge in [-0.1, -0.05) is 30.3 Å². The van der Waals surface area contributed by atoms with Crippen molar-refractivity contribution in [2.24, 2.45) is 0 Å². The molecule has 4 heteroatoms. The normalized spacial score (nSPS) is 10.1. The van der Waals surface area contributed by atoms with Crippen LogP contribution in [0.3, 0.4) is 0 Å². The molecular weight excluding hydrogens is 250 g/mol. The molecule has 2 rings (SSSR count). The number of urea groups is 1. The first-order chi connectivity index (χ1) is 9.70. The highest BCUT2D eigenvalue weighted by Gasteiger charge is 2.13. The first kappa shape index (κ1) is 14.1. The summed E-state index contributed by atoms with van der Waals surface area (Å²) in [4.78, 5) is 18.1. The molecule has 104 valence electrons. The molecule has 2 amide bonds. The molecule has 1 aromatic carbocycles. The van der Waals surface area contributed by atoms with E-state index in [1.54, 1.807) is 17.2 Å². The number of pyridine rings is 1. The molecule has 1 heterocycles. The van der Waals surface area contributed by atoms with Gasteiger partial charge in [0.15, 0.2) is 0 Å². The third kappa shape index (κ3) is 3.57. The third-order valence-corrected chi connectivity index (χ3v) is 3.19. The van der Waals surface area contributed by atoms with Gasteiger partial charge >= 0.3 is 6.03 Å². The summed E-state index contributed by atoms with van der Waals surface area (Å²) in [6, 6.07) is 13.4. The quantitative estimate of drug-likeness (QED) is 0.924. The van der Waals surface area contributed by atoms with E-state index >= 15 is 0 Å². The van der Waals surface area contributed by atoms with Crippen LogP contribution >= 0.6 is 0 Å². The predicted octanol–water partition coefficient (Wildman–Crippen LogP) is 3.44. The van der Waals surface area contributed by atoms with Crippen LogP contribution in [0.4, 0.5) is 10.6 Å². The van der Waals surface area contributed by atoms with Crippen molar-refractivity contribution in [3.8, 4) is 0 Å². The Morgan fingerprint density at radius 3 is 2.60 bits per heavy atom. The lowest BCUT2D eigenvalue weighted by Gasteiger charge is -2.22. The zero-order chi connectivity index (χ0) is 14.4. The highest BCUT2D eigenvalue weighted by Crippen LogP contribution is 2.11. The minimum atomic E-state index is -0.130. The third-order valence-electron chi connectivity index (χ3n) is 3.19. The van der Waals surface area contributed by atoms with Crippen molar-refractivity contribution in [1.82, 2.24) is 9.88 Å². The maximum Gasteiger partial charge on any atom is 0.323 e. The number of aromatic nitrogens is 1. The number of amides is 2. The summed E-state index contributed by atoms with van der Waals surface area (Å²) in [5, 5.41) is 2.81. The summed E-state index contributed by atoms with van der Waals surface area (Å²) < 4.78 is 0. The van der Waals surface area contributed by atoms with Crippen molar-refractivity contribution < 1.29 is 4.79 Å². The maximum absolute atomic E-state index is 12.2. The summed E-state index contributed by atoms with van der Waals surface area (Å²) in [5.41, 5.74) is 2.35. The molecule has 0 unspecified atom stereocenters. The minimum Gasteiger partial charge on any atom is -0.320 e. The zero-order valence-electron chi connectivity index (χ0n) is 11.8. The van der Waals surface area contributed by atoms with Gasteiger partial charge in [-0.05, 0) is 37.1 Å². The van der Waals surface area contributed by atoms with E-state index in [0.717, 1.165) is 5.56 Å². The fourth-order valence-corrected chi connectivity index (χ4v) is 1.95. The Hall–Kier alpha value is -2.36. The number of hydrogen-bond acceptors (Lipinski definition) is 2. The van der Waals surface area contributed by atoms with Crippen LogP contribution in [-0.4, -0.2) is 22.5 Å². The van der Waals surface area contributed by atoms with E-state index in [9.17, 15) is 4.79 Å². The molecule has 0 aliphatic heterocycles. The Labute approximate surface area is 119 Å². The summed E-state index contributed by atoms with van der Waals surface area (Å²) in [7, 11) is 0. The van der Waals surface area contributed by atoms with E-state index in [4.69, 9.17) is 0 Å². The fraction of sp³-hybridized carbons (Fsp3) is 0.250. The van der Waals surface area contributed by atoms with Crippen LogP contribution in [0.15, 0.2) is 48.7 Å².